The van der Waals surface area contributed by atoms with E-state index in [2.05, 4.69) is 10.0 Å². The summed E-state index contributed by atoms with van der Waals surface area (Å²) < 4.78 is 27.1. The fourth-order valence-electron chi connectivity index (χ4n) is 2.17. The van der Waals surface area contributed by atoms with Crippen LogP contribution in [0.1, 0.15) is 40.1 Å². The number of amides is 1. The molecule has 0 spiro atoms. The van der Waals surface area contributed by atoms with Crippen LogP contribution < -0.4 is 10.0 Å². The number of benzene rings is 2. The minimum Gasteiger partial charge on any atom is -0.352 e. The molecule has 0 saturated carbocycles. The molecule has 0 saturated heterocycles. The Balaban J connectivity index is 2.04. The van der Waals surface area contributed by atoms with E-state index < -0.39 is 10.0 Å². The van der Waals surface area contributed by atoms with Crippen molar-refractivity contribution in [2.45, 2.75) is 25.3 Å². The number of ketones is 1. The molecule has 0 radical (unpaired) electrons. The normalized spacial score (nSPS) is 11.1. The van der Waals surface area contributed by atoms with E-state index in [0.717, 1.165) is 5.56 Å². The molecule has 0 bridgehead atoms. The van der Waals surface area contributed by atoms with Gasteiger partial charge in [-0.2, -0.15) is 0 Å². The molecule has 2 aromatic rings. The third kappa shape index (κ3) is 4.98. The van der Waals surface area contributed by atoms with Gasteiger partial charge >= 0.3 is 0 Å². The molecule has 0 atom stereocenters. The Kier molecular flexibility index (Phi) is 6.06. The van der Waals surface area contributed by atoms with Gasteiger partial charge in [0.15, 0.2) is 5.78 Å². The van der Waals surface area contributed by atoms with E-state index in [4.69, 9.17) is 0 Å². The maximum atomic E-state index is 12.3. The summed E-state index contributed by atoms with van der Waals surface area (Å²) in [5.41, 5.74) is 1.71. The Morgan fingerprint density at radius 1 is 0.920 bits per heavy atom. The highest BCUT2D eigenvalue weighted by Gasteiger charge is 2.14. The Morgan fingerprint density at radius 3 is 2.00 bits per heavy atom. The lowest BCUT2D eigenvalue weighted by Crippen LogP contribution is -2.24. The van der Waals surface area contributed by atoms with E-state index in [1.807, 2.05) is 6.92 Å². The van der Waals surface area contributed by atoms with Crippen molar-refractivity contribution in [2.24, 2.45) is 0 Å². The molecule has 6 nitrogen and oxygen atoms in total. The van der Waals surface area contributed by atoms with Crippen LogP contribution in [0.3, 0.4) is 0 Å². The SMILES string of the molecule is CCNC(=O)c1ccc(CNS(=O)(=O)c2ccc(C(C)=O)cc2)cc1. The molecule has 25 heavy (non-hydrogen) atoms. The molecule has 0 unspecified atom stereocenters. The number of carbonyl (C=O) groups excluding carboxylic acids is 2. The third-order valence-electron chi connectivity index (χ3n) is 3.59. The first-order valence-corrected chi connectivity index (χ1v) is 9.29. The molecule has 0 aliphatic rings. The van der Waals surface area contributed by atoms with Gasteiger partial charge in [-0.1, -0.05) is 24.3 Å². The molecule has 2 aromatic carbocycles. The van der Waals surface area contributed by atoms with E-state index in [-0.39, 0.29) is 23.1 Å². The maximum absolute atomic E-state index is 12.3. The van der Waals surface area contributed by atoms with Crippen LogP contribution in [0.25, 0.3) is 0 Å². The van der Waals surface area contributed by atoms with Crippen molar-refractivity contribution >= 4 is 21.7 Å². The Labute approximate surface area is 147 Å². The molecular weight excluding hydrogens is 340 g/mol. The molecule has 0 aliphatic carbocycles. The lowest BCUT2D eigenvalue weighted by molar-refractivity contribution is 0.0954. The lowest BCUT2D eigenvalue weighted by Gasteiger charge is -2.08. The first-order valence-electron chi connectivity index (χ1n) is 7.81. The molecule has 0 fully saturated rings. The van der Waals surface area contributed by atoms with Gasteiger partial charge in [-0.25, -0.2) is 13.1 Å². The quantitative estimate of drug-likeness (QED) is 0.740. The van der Waals surface area contributed by atoms with Crippen LogP contribution in [0.15, 0.2) is 53.4 Å². The lowest BCUT2D eigenvalue weighted by atomic mass is 10.1. The second-order valence-corrected chi connectivity index (χ2v) is 7.23. The molecule has 132 valence electrons. The van der Waals surface area contributed by atoms with E-state index in [1.165, 1.54) is 31.2 Å². The van der Waals surface area contributed by atoms with Gasteiger partial charge in [-0.05, 0) is 43.7 Å². The number of hydrogen-bond acceptors (Lipinski definition) is 4. The van der Waals surface area contributed by atoms with Crippen molar-refractivity contribution in [3.8, 4) is 0 Å². The summed E-state index contributed by atoms with van der Waals surface area (Å²) in [6.07, 6.45) is 0. The summed E-state index contributed by atoms with van der Waals surface area (Å²) in [6.45, 7) is 3.91. The van der Waals surface area contributed by atoms with Crippen molar-refractivity contribution in [1.29, 1.82) is 0 Å². The molecule has 2 N–H and O–H groups in total. The van der Waals surface area contributed by atoms with Gasteiger partial charge in [0.2, 0.25) is 10.0 Å². The van der Waals surface area contributed by atoms with Gasteiger partial charge in [-0.3, -0.25) is 9.59 Å². The van der Waals surface area contributed by atoms with Crippen LogP contribution >= 0.6 is 0 Å². The van der Waals surface area contributed by atoms with Gasteiger partial charge in [-0.15, -0.1) is 0 Å². The molecule has 0 aliphatic heterocycles. The zero-order valence-corrected chi connectivity index (χ0v) is 14.9. The van der Waals surface area contributed by atoms with Crippen LogP contribution in [0.5, 0.6) is 0 Å². The van der Waals surface area contributed by atoms with Crippen LogP contribution in [0.2, 0.25) is 0 Å². The Morgan fingerprint density at radius 2 is 1.48 bits per heavy atom. The highest BCUT2D eigenvalue weighted by atomic mass is 32.2. The van der Waals surface area contributed by atoms with Gasteiger partial charge in [0.05, 0.1) is 4.90 Å². The number of Topliss-reactive ketones (excluding diaryl/α,β-unsaturated/α-hetero) is 1. The number of rotatable bonds is 7. The topological polar surface area (TPSA) is 92.3 Å². The van der Waals surface area contributed by atoms with E-state index in [9.17, 15) is 18.0 Å². The number of sulfonamides is 1. The summed E-state index contributed by atoms with van der Waals surface area (Å²) in [7, 11) is -3.68. The summed E-state index contributed by atoms with van der Waals surface area (Å²) in [4.78, 5) is 23.0. The highest BCUT2D eigenvalue weighted by Crippen LogP contribution is 2.12. The molecule has 7 heteroatoms. The second-order valence-electron chi connectivity index (χ2n) is 5.46. The largest absolute Gasteiger partial charge is 0.352 e. The summed E-state index contributed by atoms with van der Waals surface area (Å²) in [5, 5.41) is 2.70. The first kappa shape index (κ1) is 18.8. The smallest absolute Gasteiger partial charge is 0.251 e. The Hall–Kier alpha value is -2.51. The predicted molar refractivity (Wildman–Crippen MR) is 94.9 cm³/mol. The zero-order valence-electron chi connectivity index (χ0n) is 14.1. The zero-order chi connectivity index (χ0) is 18.4. The van der Waals surface area contributed by atoms with E-state index in [0.29, 0.717) is 17.7 Å². The highest BCUT2D eigenvalue weighted by molar-refractivity contribution is 7.89. The first-order chi connectivity index (χ1) is 11.8. The fourth-order valence-corrected chi connectivity index (χ4v) is 3.18. The van der Waals surface area contributed by atoms with Gasteiger partial charge < -0.3 is 5.32 Å². The fraction of sp³-hybridized carbons (Fsp3) is 0.222. The molecule has 2 rings (SSSR count). The minimum atomic E-state index is -3.68. The summed E-state index contributed by atoms with van der Waals surface area (Å²) in [5.74, 6) is -0.288. The average molecular weight is 360 g/mol. The third-order valence-corrected chi connectivity index (χ3v) is 5.01. The van der Waals surface area contributed by atoms with Crippen molar-refractivity contribution in [2.75, 3.05) is 6.54 Å². The standard InChI is InChI=1S/C18H20N2O4S/c1-3-19-18(22)16-6-4-14(5-7-16)12-20-25(23,24)17-10-8-15(9-11-17)13(2)21/h4-11,20H,3,12H2,1-2H3,(H,19,22). The molecule has 1 amide bonds. The van der Waals surface area contributed by atoms with Crippen molar-refractivity contribution in [3.05, 3.63) is 65.2 Å². The van der Waals surface area contributed by atoms with E-state index >= 15 is 0 Å². The second kappa shape index (κ2) is 8.04. The van der Waals surface area contributed by atoms with Crippen LogP contribution in [0.4, 0.5) is 0 Å². The van der Waals surface area contributed by atoms with Crippen molar-refractivity contribution in [1.82, 2.24) is 10.0 Å². The molecular formula is C18H20N2O4S. The molecule has 0 heterocycles. The monoisotopic (exact) mass is 360 g/mol. The number of nitrogens with one attached hydrogen (secondary N) is 2. The Bertz CT molecular complexity index is 857. The van der Waals surface area contributed by atoms with Crippen LogP contribution in [-0.2, 0) is 16.6 Å². The number of hydrogen-bond donors (Lipinski definition) is 2. The van der Waals surface area contributed by atoms with Crippen LogP contribution in [0, 0.1) is 0 Å². The maximum Gasteiger partial charge on any atom is 0.251 e. The van der Waals surface area contributed by atoms with Crippen molar-refractivity contribution in [3.63, 3.8) is 0 Å². The summed E-state index contributed by atoms with van der Waals surface area (Å²) >= 11 is 0. The summed E-state index contributed by atoms with van der Waals surface area (Å²) in [6, 6.07) is 12.5. The minimum absolute atomic E-state index is 0.0939. The van der Waals surface area contributed by atoms with Gasteiger partial charge in [0.25, 0.3) is 5.91 Å². The number of carbonyl (C=O) groups is 2. The van der Waals surface area contributed by atoms with Crippen LogP contribution in [-0.4, -0.2) is 26.7 Å². The van der Waals surface area contributed by atoms with Crippen molar-refractivity contribution < 1.29 is 18.0 Å². The van der Waals surface area contributed by atoms with Gasteiger partial charge in [0, 0.05) is 24.2 Å². The average Bonchev–Trinajstić information content (AvgIpc) is 2.61. The molecule has 0 aromatic heterocycles. The van der Waals surface area contributed by atoms with Gasteiger partial charge in [0.1, 0.15) is 0 Å². The predicted octanol–water partition coefficient (Wildman–Crippen LogP) is 2.12. The van der Waals surface area contributed by atoms with E-state index in [1.54, 1.807) is 24.3 Å².